The van der Waals surface area contributed by atoms with Crippen LogP contribution in [0.1, 0.15) is 265 Å². The monoisotopic (exact) mass is 919 g/mol. The summed E-state index contributed by atoms with van der Waals surface area (Å²) in [5, 5.41) is 0. The van der Waals surface area contributed by atoms with Crippen LogP contribution in [0.3, 0.4) is 0 Å². The first-order chi connectivity index (χ1) is 32.6. The smallest absolute Gasteiger partial charge is 0.306 e. The van der Waals surface area contributed by atoms with E-state index in [2.05, 4.69) is 106 Å². The predicted molar refractivity (Wildman–Crippen MR) is 288 cm³/mol. The SMILES string of the molecule is CC/C=C\C/C=C\C/C=C\C/C=C\C/C=C\C/C=C\CCCOCC(COC(=O)CCCCCCCCCCCCCCCCCCC)OC(=O)CCCCCCC/C=C\CCCCCC. The Morgan fingerprint density at radius 3 is 1.12 bits per heavy atom. The van der Waals surface area contributed by atoms with Crippen molar-refractivity contribution in [3.63, 3.8) is 0 Å². The summed E-state index contributed by atoms with van der Waals surface area (Å²) in [4.78, 5) is 25.5. The van der Waals surface area contributed by atoms with Crippen molar-refractivity contribution < 1.29 is 23.8 Å². The molecule has 0 aliphatic rings. The van der Waals surface area contributed by atoms with Crippen LogP contribution in [0.15, 0.2) is 85.1 Å². The maximum Gasteiger partial charge on any atom is 0.306 e. The summed E-state index contributed by atoms with van der Waals surface area (Å²) in [6, 6.07) is 0. The maximum absolute atomic E-state index is 12.8. The van der Waals surface area contributed by atoms with Gasteiger partial charge in [-0.05, 0) is 89.9 Å². The number of rotatable bonds is 51. The fourth-order valence-electron chi connectivity index (χ4n) is 7.76. The Hall–Kier alpha value is -2.92. The molecule has 5 heteroatoms. The highest BCUT2D eigenvalue weighted by Gasteiger charge is 2.17. The minimum absolute atomic E-state index is 0.0583. The van der Waals surface area contributed by atoms with Gasteiger partial charge in [-0.15, -0.1) is 0 Å². The number of esters is 2. The summed E-state index contributed by atoms with van der Waals surface area (Å²) in [5.41, 5.74) is 0. The third-order valence-corrected chi connectivity index (χ3v) is 11.9. The Balaban J connectivity index is 4.35. The van der Waals surface area contributed by atoms with E-state index < -0.39 is 6.10 Å². The molecule has 0 aromatic heterocycles. The van der Waals surface area contributed by atoms with Gasteiger partial charge in [0, 0.05) is 19.4 Å². The topological polar surface area (TPSA) is 61.8 Å². The van der Waals surface area contributed by atoms with Gasteiger partial charge in [-0.3, -0.25) is 9.59 Å². The van der Waals surface area contributed by atoms with Gasteiger partial charge < -0.3 is 14.2 Å². The zero-order valence-electron chi connectivity index (χ0n) is 43.7. The first-order valence-corrected chi connectivity index (χ1v) is 28.1. The van der Waals surface area contributed by atoms with Gasteiger partial charge >= 0.3 is 11.9 Å². The van der Waals surface area contributed by atoms with E-state index in [-0.39, 0.29) is 25.2 Å². The van der Waals surface area contributed by atoms with E-state index >= 15 is 0 Å². The quantitative estimate of drug-likeness (QED) is 0.0346. The molecule has 1 atom stereocenters. The number of hydrogen-bond acceptors (Lipinski definition) is 5. The van der Waals surface area contributed by atoms with Crippen molar-refractivity contribution in [2.24, 2.45) is 0 Å². The Morgan fingerprint density at radius 2 is 0.682 bits per heavy atom. The van der Waals surface area contributed by atoms with Crippen LogP contribution in [-0.2, 0) is 23.8 Å². The lowest BCUT2D eigenvalue weighted by molar-refractivity contribution is -0.163. The van der Waals surface area contributed by atoms with Gasteiger partial charge in [-0.2, -0.15) is 0 Å². The number of ether oxygens (including phenoxy) is 3. The zero-order valence-corrected chi connectivity index (χ0v) is 43.7. The molecule has 0 aromatic carbocycles. The van der Waals surface area contributed by atoms with Gasteiger partial charge in [-0.1, -0.05) is 247 Å². The van der Waals surface area contributed by atoms with Crippen molar-refractivity contribution >= 4 is 11.9 Å². The van der Waals surface area contributed by atoms with E-state index in [1.165, 1.54) is 141 Å². The second-order valence-electron chi connectivity index (χ2n) is 18.5. The van der Waals surface area contributed by atoms with Crippen LogP contribution < -0.4 is 0 Å². The van der Waals surface area contributed by atoms with Crippen molar-refractivity contribution in [3.05, 3.63) is 85.1 Å². The summed E-state index contributed by atoms with van der Waals surface area (Å²) >= 11 is 0. The van der Waals surface area contributed by atoms with Crippen molar-refractivity contribution in [1.82, 2.24) is 0 Å². The molecule has 0 bridgehead atoms. The van der Waals surface area contributed by atoms with Crippen molar-refractivity contribution in [1.29, 1.82) is 0 Å². The molecule has 0 rings (SSSR count). The Morgan fingerprint density at radius 1 is 0.348 bits per heavy atom. The van der Waals surface area contributed by atoms with Gasteiger partial charge in [0.05, 0.1) is 6.61 Å². The average Bonchev–Trinajstić information content (AvgIpc) is 3.32. The minimum Gasteiger partial charge on any atom is -0.462 e. The summed E-state index contributed by atoms with van der Waals surface area (Å²) in [6.45, 7) is 7.57. The van der Waals surface area contributed by atoms with Crippen LogP contribution in [0, 0.1) is 0 Å². The fraction of sp³-hybridized carbons (Fsp3) is 0.738. The second kappa shape index (κ2) is 56.4. The number of carbonyl (C=O) groups is 2. The van der Waals surface area contributed by atoms with Gasteiger partial charge in [0.25, 0.3) is 0 Å². The molecule has 0 spiro atoms. The summed E-state index contributed by atoms with van der Waals surface area (Å²) in [6.07, 6.45) is 74.7. The Bertz CT molecular complexity index is 1220. The van der Waals surface area contributed by atoms with Crippen LogP contribution in [-0.4, -0.2) is 37.9 Å². The van der Waals surface area contributed by atoms with Crippen LogP contribution in [0.4, 0.5) is 0 Å². The molecule has 380 valence electrons. The Kier molecular flexibility index (Phi) is 53.9. The molecular formula is C61H106O5. The molecule has 0 aromatic rings. The first-order valence-electron chi connectivity index (χ1n) is 28.1. The average molecular weight is 920 g/mol. The highest BCUT2D eigenvalue weighted by atomic mass is 16.6. The first kappa shape index (κ1) is 63.1. The van der Waals surface area contributed by atoms with Crippen LogP contribution in [0.2, 0.25) is 0 Å². The van der Waals surface area contributed by atoms with Gasteiger partial charge in [0.15, 0.2) is 6.10 Å². The Labute approximate surface area is 409 Å². The minimum atomic E-state index is -0.573. The fourth-order valence-corrected chi connectivity index (χ4v) is 7.76. The second-order valence-corrected chi connectivity index (χ2v) is 18.5. The molecule has 0 amide bonds. The highest BCUT2D eigenvalue weighted by molar-refractivity contribution is 5.70. The van der Waals surface area contributed by atoms with Crippen molar-refractivity contribution in [3.8, 4) is 0 Å². The van der Waals surface area contributed by atoms with Crippen LogP contribution >= 0.6 is 0 Å². The van der Waals surface area contributed by atoms with Gasteiger partial charge in [0.1, 0.15) is 6.61 Å². The highest BCUT2D eigenvalue weighted by Crippen LogP contribution is 2.15. The lowest BCUT2D eigenvalue weighted by atomic mass is 10.0. The zero-order chi connectivity index (χ0) is 47.7. The van der Waals surface area contributed by atoms with Crippen LogP contribution in [0.25, 0.3) is 0 Å². The molecular weight excluding hydrogens is 813 g/mol. The standard InChI is InChI=1S/C61H106O5/c1-4-7-10-13-16-19-22-25-27-29-30-31-33-35-38-41-44-47-50-53-56-64-57-59(66-61(63)55-52-49-46-43-40-36-24-21-18-15-12-9-6-3)58-65-60(62)54-51-48-45-42-39-37-34-32-28-26-23-20-17-14-11-8-5-2/h7,10,16,19,21,24-25,27,30-31,35,38,44,47,59H,4-6,8-9,11-15,17-18,20,22-23,26,28-29,32-34,36-37,39-43,45-46,48-58H2,1-3H3/b10-7-,19-16-,24-21-,27-25-,31-30-,38-35-,47-44-. The predicted octanol–water partition coefficient (Wildman–Crippen LogP) is 19.2. The molecule has 0 heterocycles. The van der Waals surface area contributed by atoms with E-state index in [0.717, 1.165) is 89.9 Å². The molecule has 5 nitrogen and oxygen atoms in total. The molecule has 66 heavy (non-hydrogen) atoms. The van der Waals surface area contributed by atoms with Crippen molar-refractivity contribution in [2.75, 3.05) is 19.8 Å². The molecule has 0 aliphatic heterocycles. The van der Waals surface area contributed by atoms with E-state index in [4.69, 9.17) is 14.2 Å². The van der Waals surface area contributed by atoms with Gasteiger partial charge in [0.2, 0.25) is 0 Å². The number of allylic oxidation sites excluding steroid dienone is 14. The molecule has 0 radical (unpaired) electrons. The maximum atomic E-state index is 12.8. The van der Waals surface area contributed by atoms with Gasteiger partial charge in [-0.25, -0.2) is 0 Å². The summed E-state index contributed by atoms with van der Waals surface area (Å²) in [7, 11) is 0. The summed E-state index contributed by atoms with van der Waals surface area (Å²) in [5.74, 6) is -0.433. The van der Waals surface area contributed by atoms with Crippen LogP contribution in [0.5, 0.6) is 0 Å². The normalized spacial score (nSPS) is 12.8. The third-order valence-electron chi connectivity index (χ3n) is 11.9. The number of hydrogen-bond donors (Lipinski definition) is 0. The van der Waals surface area contributed by atoms with E-state index in [1.54, 1.807) is 0 Å². The van der Waals surface area contributed by atoms with E-state index in [1.807, 2.05) is 0 Å². The molecule has 0 aliphatic carbocycles. The van der Waals surface area contributed by atoms with E-state index in [9.17, 15) is 9.59 Å². The largest absolute Gasteiger partial charge is 0.462 e. The number of unbranched alkanes of at least 4 members (excludes halogenated alkanes) is 26. The molecule has 0 fully saturated rings. The summed E-state index contributed by atoms with van der Waals surface area (Å²) < 4.78 is 17.4. The van der Waals surface area contributed by atoms with Crippen molar-refractivity contribution in [2.45, 2.75) is 271 Å². The number of carbonyl (C=O) groups excluding carboxylic acids is 2. The molecule has 1 unspecified atom stereocenters. The van der Waals surface area contributed by atoms with E-state index in [0.29, 0.717) is 19.4 Å². The molecule has 0 saturated carbocycles. The molecule has 0 N–H and O–H groups in total. The lowest BCUT2D eigenvalue weighted by Gasteiger charge is -2.18. The third kappa shape index (κ3) is 53.7. The molecule has 0 saturated heterocycles. The lowest BCUT2D eigenvalue weighted by Crippen LogP contribution is -2.30.